The quantitative estimate of drug-likeness (QED) is 0.791. The molecule has 1 N–H and O–H groups in total. The van der Waals surface area contributed by atoms with Crippen molar-refractivity contribution in [1.82, 2.24) is 10.3 Å². The van der Waals surface area contributed by atoms with Gasteiger partial charge >= 0.3 is 0 Å². The summed E-state index contributed by atoms with van der Waals surface area (Å²) in [4.78, 5) is 18.5. The van der Waals surface area contributed by atoms with Crippen molar-refractivity contribution in [3.63, 3.8) is 0 Å². The van der Waals surface area contributed by atoms with E-state index >= 15 is 0 Å². The first-order valence-electron chi connectivity index (χ1n) is 7.82. The van der Waals surface area contributed by atoms with E-state index in [9.17, 15) is 4.79 Å². The lowest BCUT2D eigenvalue weighted by atomic mass is 10.2. The molecule has 0 saturated carbocycles. The molecule has 2 aromatic rings. The largest absolute Gasteiger partial charge is 0.352 e. The van der Waals surface area contributed by atoms with Gasteiger partial charge in [-0.3, -0.25) is 9.78 Å². The second kappa shape index (κ2) is 8.17. The van der Waals surface area contributed by atoms with E-state index < -0.39 is 0 Å². The lowest BCUT2D eigenvalue weighted by Crippen LogP contribution is -2.25. The fraction of sp³-hybridized carbons (Fsp3) is 0.333. The van der Waals surface area contributed by atoms with Crippen molar-refractivity contribution in [2.75, 3.05) is 18.0 Å². The minimum Gasteiger partial charge on any atom is -0.352 e. The molecule has 0 aliphatic rings. The Labute approximate surface area is 132 Å². The summed E-state index contributed by atoms with van der Waals surface area (Å²) < 4.78 is 0. The number of carbonyl (C=O) groups excluding carboxylic acids is 1. The van der Waals surface area contributed by atoms with Crippen LogP contribution in [0.1, 0.15) is 37.0 Å². The number of amides is 1. The lowest BCUT2D eigenvalue weighted by molar-refractivity contribution is 0.0953. The topological polar surface area (TPSA) is 45.2 Å². The van der Waals surface area contributed by atoms with E-state index in [1.54, 1.807) is 12.4 Å². The highest BCUT2D eigenvalue weighted by atomic mass is 16.1. The van der Waals surface area contributed by atoms with Gasteiger partial charge in [-0.05, 0) is 31.5 Å². The predicted molar refractivity (Wildman–Crippen MR) is 90.6 cm³/mol. The number of rotatable bonds is 7. The molecular weight excluding hydrogens is 274 g/mol. The van der Waals surface area contributed by atoms with Crippen LogP contribution in [0.2, 0.25) is 0 Å². The van der Waals surface area contributed by atoms with Crippen LogP contribution in [-0.2, 0) is 0 Å². The van der Waals surface area contributed by atoms with E-state index in [2.05, 4.69) is 41.2 Å². The Morgan fingerprint density at radius 2 is 1.91 bits per heavy atom. The van der Waals surface area contributed by atoms with Crippen molar-refractivity contribution in [3.8, 4) is 0 Å². The minimum absolute atomic E-state index is 0.0630. The third kappa shape index (κ3) is 4.07. The number of carbonyl (C=O) groups is 1. The van der Waals surface area contributed by atoms with Crippen LogP contribution in [0, 0.1) is 0 Å². The standard InChI is InChI=1S/C18H23N3O/c1-3-5-11-20-18(22)15-12-17(14-19-13-15)21(4-2)16-9-7-6-8-10-16/h6-10,12-14H,3-5,11H2,1-2H3,(H,20,22). The van der Waals surface area contributed by atoms with Gasteiger partial charge in [0.25, 0.3) is 5.91 Å². The molecule has 1 aromatic heterocycles. The zero-order chi connectivity index (χ0) is 15.8. The maximum absolute atomic E-state index is 12.1. The fourth-order valence-electron chi connectivity index (χ4n) is 2.30. The van der Waals surface area contributed by atoms with Gasteiger partial charge in [-0.25, -0.2) is 0 Å². The summed E-state index contributed by atoms with van der Waals surface area (Å²) >= 11 is 0. The molecule has 1 amide bonds. The second-order valence-corrected chi connectivity index (χ2v) is 5.12. The second-order valence-electron chi connectivity index (χ2n) is 5.12. The highest BCUT2D eigenvalue weighted by Crippen LogP contribution is 2.24. The molecule has 0 atom stereocenters. The molecule has 1 heterocycles. The van der Waals surface area contributed by atoms with Crippen LogP contribution in [0.3, 0.4) is 0 Å². The third-order valence-corrected chi connectivity index (χ3v) is 3.50. The average molecular weight is 297 g/mol. The number of unbranched alkanes of at least 4 members (excludes halogenated alkanes) is 1. The van der Waals surface area contributed by atoms with Gasteiger partial charge in [-0.1, -0.05) is 31.5 Å². The van der Waals surface area contributed by atoms with Crippen LogP contribution in [0.4, 0.5) is 11.4 Å². The zero-order valence-electron chi connectivity index (χ0n) is 13.2. The van der Waals surface area contributed by atoms with Crippen LogP contribution in [0.15, 0.2) is 48.8 Å². The van der Waals surface area contributed by atoms with E-state index in [4.69, 9.17) is 0 Å². The maximum atomic E-state index is 12.1. The average Bonchev–Trinajstić information content (AvgIpc) is 2.57. The SMILES string of the molecule is CCCCNC(=O)c1cncc(N(CC)c2ccccc2)c1. The number of para-hydroxylation sites is 1. The Morgan fingerprint density at radius 1 is 1.14 bits per heavy atom. The number of hydrogen-bond acceptors (Lipinski definition) is 3. The number of anilines is 2. The molecular formula is C18H23N3O. The highest BCUT2D eigenvalue weighted by molar-refractivity contribution is 5.94. The van der Waals surface area contributed by atoms with E-state index in [1.165, 1.54) is 0 Å². The van der Waals surface area contributed by atoms with Crippen molar-refractivity contribution in [2.24, 2.45) is 0 Å². The molecule has 4 nitrogen and oxygen atoms in total. The summed E-state index contributed by atoms with van der Waals surface area (Å²) in [5, 5.41) is 2.93. The van der Waals surface area contributed by atoms with Crippen molar-refractivity contribution < 1.29 is 4.79 Å². The van der Waals surface area contributed by atoms with Gasteiger partial charge in [0.15, 0.2) is 0 Å². The molecule has 0 aliphatic carbocycles. The van der Waals surface area contributed by atoms with E-state index in [0.29, 0.717) is 12.1 Å². The molecule has 0 unspecified atom stereocenters. The third-order valence-electron chi connectivity index (χ3n) is 3.50. The van der Waals surface area contributed by atoms with Crippen molar-refractivity contribution in [3.05, 3.63) is 54.4 Å². The van der Waals surface area contributed by atoms with Gasteiger partial charge < -0.3 is 10.2 Å². The molecule has 116 valence electrons. The van der Waals surface area contributed by atoms with Gasteiger partial charge in [0.05, 0.1) is 17.4 Å². The highest BCUT2D eigenvalue weighted by Gasteiger charge is 2.11. The molecule has 2 rings (SSSR count). The van der Waals surface area contributed by atoms with Gasteiger partial charge in [0.1, 0.15) is 0 Å². The molecule has 0 radical (unpaired) electrons. The molecule has 22 heavy (non-hydrogen) atoms. The number of nitrogens with zero attached hydrogens (tertiary/aromatic N) is 2. The summed E-state index contributed by atoms with van der Waals surface area (Å²) in [7, 11) is 0. The summed E-state index contributed by atoms with van der Waals surface area (Å²) in [6.45, 7) is 5.71. The normalized spacial score (nSPS) is 10.3. The molecule has 1 aromatic carbocycles. The van der Waals surface area contributed by atoms with Gasteiger partial charge in [0.2, 0.25) is 0 Å². The molecule has 0 spiro atoms. The number of hydrogen-bond donors (Lipinski definition) is 1. The van der Waals surface area contributed by atoms with E-state index in [0.717, 1.165) is 30.8 Å². The van der Waals surface area contributed by atoms with Gasteiger partial charge in [-0.2, -0.15) is 0 Å². The Kier molecular flexibility index (Phi) is 5.95. The smallest absolute Gasteiger partial charge is 0.252 e. The first-order chi connectivity index (χ1) is 10.8. The van der Waals surface area contributed by atoms with Crippen LogP contribution < -0.4 is 10.2 Å². The first-order valence-corrected chi connectivity index (χ1v) is 7.82. The number of pyridine rings is 1. The monoisotopic (exact) mass is 297 g/mol. The summed E-state index contributed by atoms with van der Waals surface area (Å²) in [6.07, 6.45) is 5.46. The number of benzene rings is 1. The first kappa shape index (κ1) is 16.0. The number of aromatic nitrogens is 1. The molecule has 4 heteroatoms. The lowest BCUT2D eigenvalue weighted by Gasteiger charge is -2.23. The van der Waals surface area contributed by atoms with Crippen LogP contribution in [-0.4, -0.2) is 24.0 Å². The Bertz CT molecular complexity index is 598. The zero-order valence-corrected chi connectivity index (χ0v) is 13.2. The van der Waals surface area contributed by atoms with Crippen LogP contribution in [0.5, 0.6) is 0 Å². The summed E-state index contributed by atoms with van der Waals surface area (Å²) in [5.74, 6) is -0.0630. The van der Waals surface area contributed by atoms with Crippen LogP contribution in [0.25, 0.3) is 0 Å². The van der Waals surface area contributed by atoms with Gasteiger partial charge in [0, 0.05) is 25.0 Å². The Morgan fingerprint density at radius 3 is 2.59 bits per heavy atom. The van der Waals surface area contributed by atoms with E-state index in [-0.39, 0.29) is 5.91 Å². The predicted octanol–water partition coefficient (Wildman–Crippen LogP) is 3.77. The van der Waals surface area contributed by atoms with E-state index in [1.807, 2.05) is 24.3 Å². The fourth-order valence-corrected chi connectivity index (χ4v) is 2.30. The van der Waals surface area contributed by atoms with Crippen LogP contribution >= 0.6 is 0 Å². The maximum Gasteiger partial charge on any atom is 0.252 e. The minimum atomic E-state index is -0.0630. The molecule has 0 fully saturated rings. The molecule has 0 bridgehead atoms. The summed E-state index contributed by atoms with van der Waals surface area (Å²) in [5.41, 5.74) is 2.62. The van der Waals surface area contributed by atoms with Crippen molar-refractivity contribution in [1.29, 1.82) is 0 Å². The Hall–Kier alpha value is -2.36. The number of nitrogens with one attached hydrogen (secondary N) is 1. The Balaban J connectivity index is 2.18. The molecule has 0 saturated heterocycles. The van der Waals surface area contributed by atoms with Crippen molar-refractivity contribution in [2.45, 2.75) is 26.7 Å². The van der Waals surface area contributed by atoms with Crippen molar-refractivity contribution >= 4 is 17.3 Å². The van der Waals surface area contributed by atoms with Gasteiger partial charge in [-0.15, -0.1) is 0 Å². The summed E-state index contributed by atoms with van der Waals surface area (Å²) in [6, 6.07) is 12.0. The molecule has 0 aliphatic heterocycles.